The predicted octanol–water partition coefficient (Wildman–Crippen LogP) is 6.40. The zero-order valence-corrected chi connectivity index (χ0v) is 27.0. The summed E-state index contributed by atoms with van der Waals surface area (Å²) in [7, 11) is -3.97. The quantitative estimate of drug-likeness (QED) is 0.220. The first-order valence-electron chi connectivity index (χ1n) is 15.6. The maximum atomic E-state index is 13.4. The van der Waals surface area contributed by atoms with Gasteiger partial charge in [-0.15, -0.1) is 0 Å². The van der Waals surface area contributed by atoms with Crippen molar-refractivity contribution in [2.75, 3.05) is 24.5 Å². The number of sulfonamides is 1. The van der Waals surface area contributed by atoms with Crippen LogP contribution in [0.25, 0.3) is 10.4 Å². The van der Waals surface area contributed by atoms with E-state index >= 15 is 0 Å². The van der Waals surface area contributed by atoms with E-state index in [1.807, 2.05) is 25.1 Å². The number of azide groups is 1. The monoisotopic (exact) mass is 643 g/mol. The van der Waals surface area contributed by atoms with Gasteiger partial charge in [0.15, 0.2) is 0 Å². The van der Waals surface area contributed by atoms with E-state index in [1.54, 1.807) is 25.1 Å². The second kappa shape index (κ2) is 13.6. The van der Waals surface area contributed by atoms with Crippen LogP contribution >= 0.6 is 11.6 Å². The number of hydrogen-bond donors (Lipinski definition) is 2. The maximum Gasteiger partial charge on any atom is 0.264 e. The fraction of sp³-hybridized carbons (Fsp3) is 0.594. The Labute approximate surface area is 264 Å². The van der Waals surface area contributed by atoms with Gasteiger partial charge < -0.3 is 14.7 Å². The molecule has 2 aromatic carbocycles. The number of rotatable bonds is 2. The number of benzene rings is 2. The molecule has 0 radical (unpaired) electrons. The fourth-order valence-electron chi connectivity index (χ4n) is 6.95. The molecule has 1 fully saturated rings. The molecule has 1 amide bonds. The Balaban J connectivity index is 1.56. The number of carbonyl (C=O) groups is 1. The van der Waals surface area contributed by atoms with Gasteiger partial charge in [-0.2, -0.15) is 0 Å². The Kier molecular flexibility index (Phi) is 9.99. The smallest absolute Gasteiger partial charge is 0.264 e. The summed E-state index contributed by atoms with van der Waals surface area (Å²) in [6.45, 7) is 5.05. The van der Waals surface area contributed by atoms with Gasteiger partial charge in [-0.1, -0.05) is 36.1 Å². The summed E-state index contributed by atoms with van der Waals surface area (Å²) in [4.78, 5) is 18.5. The van der Waals surface area contributed by atoms with Crippen LogP contribution in [0.4, 0.5) is 5.69 Å². The standard InChI is InChI=1S/C32H42ClN5O5S/c1-21-6-5-14-32(40,20-35-37-34)28-12-9-25(28)18-38-15-4-3-7-23-16-27(33)11-8-26(23)19-43-30-13-10-24(17-29(30)38)31(39)36-44(41,42)22(21)2/h8,10-11,13,16-17,21-22,25,28,40H,3-7,9,12,14-15,18-20H2,1-2H3,(H,36,39)/t21-,22+,25-,28+,32+/m0/s1. The first-order chi connectivity index (χ1) is 21.0. The van der Waals surface area contributed by atoms with Gasteiger partial charge >= 0.3 is 0 Å². The topological polar surface area (TPSA) is 145 Å². The van der Waals surface area contributed by atoms with E-state index in [1.165, 1.54) is 0 Å². The van der Waals surface area contributed by atoms with Gasteiger partial charge in [0, 0.05) is 28.6 Å². The lowest BCUT2D eigenvalue weighted by Crippen LogP contribution is -2.52. The number of nitrogens with zero attached hydrogens (tertiary/aromatic N) is 4. The SMILES string of the molecule is C[C@@H]1[C@@H](C)CCC[C@@](O)(CN=[N+]=[N-])[C@@H]2CC[C@H]2CN2CCCCc3cc(Cl)ccc3COc3ccc(cc32)C(=O)NS1(=O)=O. The highest BCUT2D eigenvalue weighted by Gasteiger charge is 2.46. The zero-order chi connectivity index (χ0) is 31.5. The number of hydrogen-bond acceptors (Lipinski definition) is 7. The number of carbonyl (C=O) groups excluding carboxylic acids is 1. The number of ether oxygens (including phenoxy) is 1. The Hall–Kier alpha value is -2.98. The third kappa shape index (κ3) is 7.12. The molecule has 2 N–H and O–H groups in total. The molecule has 1 aliphatic carbocycles. The molecule has 12 heteroatoms. The number of anilines is 1. The summed E-state index contributed by atoms with van der Waals surface area (Å²) in [5.41, 5.74) is 11.0. The first-order valence-corrected chi connectivity index (χ1v) is 17.5. The van der Waals surface area contributed by atoms with E-state index in [-0.39, 0.29) is 29.9 Å². The van der Waals surface area contributed by atoms with E-state index in [9.17, 15) is 18.3 Å². The van der Waals surface area contributed by atoms with Crippen molar-refractivity contribution >= 4 is 33.2 Å². The second-order valence-electron chi connectivity index (χ2n) is 12.8. The molecule has 44 heavy (non-hydrogen) atoms. The number of aryl methyl sites for hydroxylation is 1. The van der Waals surface area contributed by atoms with E-state index in [0.29, 0.717) is 55.4 Å². The molecule has 5 rings (SSSR count). The van der Waals surface area contributed by atoms with E-state index in [4.69, 9.17) is 21.9 Å². The van der Waals surface area contributed by atoms with Gasteiger partial charge in [-0.3, -0.25) is 4.79 Å². The molecule has 0 saturated heterocycles. The molecule has 0 unspecified atom stereocenters. The van der Waals surface area contributed by atoms with Gasteiger partial charge in [0.1, 0.15) is 12.4 Å². The zero-order valence-electron chi connectivity index (χ0n) is 25.4. The number of aliphatic hydroxyl groups is 1. The number of fused-ring (bicyclic) bond motifs is 3. The van der Waals surface area contributed by atoms with Crippen molar-refractivity contribution < 1.29 is 23.1 Å². The van der Waals surface area contributed by atoms with E-state index in [0.717, 1.165) is 43.2 Å². The number of nitrogens with one attached hydrogen (secondary N) is 1. The van der Waals surface area contributed by atoms with E-state index < -0.39 is 26.8 Å². The van der Waals surface area contributed by atoms with Crippen LogP contribution in [-0.2, 0) is 23.1 Å². The average molecular weight is 644 g/mol. The maximum absolute atomic E-state index is 13.4. The van der Waals surface area contributed by atoms with Crippen LogP contribution in [0.2, 0.25) is 5.02 Å². The van der Waals surface area contributed by atoms with Crippen molar-refractivity contribution in [3.05, 3.63) is 68.6 Å². The van der Waals surface area contributed by atoms with Crippen molar-refractivity contribution in [2.45, 2.75) is 82.7 Å². The van der Waals surface area contributed by atoms with Gasteiger partial charge in [0.05, 0.1) is 23.1 Å². The molecule has 3 aliphatic rings. The minimum atomic E-state index is -3.97. The number of amides is 1. The molecule has 2 aliphatic heterocycles. The molecule has 2 heterocycles. The third-order valence-electron chi connectivity index (χ3n) is 10.0. The molecular weight excluding hydrogens is 602 g/mol. The van der Waals surface area contributed by atoms with Crippen molar-refractivity contribution in [3.8, 4) is 5.75 Å². The summed E-state index contributed by atoms with van der Waals surface area (Å²) in [6, 6.07) is 10.9. The van der Waals surface area contributed by atoms with Crippen LogP contribution in [0.3, 0.4) is 0 Å². The van der Waals surface area contributed by atoms with Crippen LogP contribution in [-0.4, -0.2) is 49.9 Å². The lowest BCUT2D eigenvalue weighted by molar-refractivity contribution is -0.0812. The van der Waals surface area contributed by atoms with Crippen molar-refractivity contribution in [1.82, 2.24) is 4.72 Å². The Bertz CT molecular complexity index is 1530. The Morgan fingerprint density at radius 3 is 2.70 bits per heavy atom. The second-order valence-corrected chi connectivity index (χ2v) is 15.2. The molecule has 5 atom stereocenters. The van der Waals surface area contributed by atoms with Crippen LogP contribution in [0.15, 0.2) is 41.5 Å². The van der Waals surface area contributed by atoms with Crippen LogP contribution in [0.5, 0.6) is 5.75 Å². The van der Waals surface area contributed by atoms with Crippen LogP contribution < -0.4 is 14.4 Å². The molecule has 1 saturated carbocycles. The molecule has 2 bridgehead atoms. The Morgan fingerprint density at radius 2 is 1.95 bits per heavy atom. The third-order valence-corrected chi connectivity index (χ3v) is 12.2. The number of halogens is 1. The minimum Gasteiger partial charge on any atom is -0.487 e. The molecule has 238 valence electrons. The lowest BCUT2D eigenvalue weighted by Gasteiger charge is -2.49. The first kappa shape index (κ1) is 32.4. The highest BCUT2D eigenvalue weighted by Crippen LogP contribution is 2.46. The molecule has 0 spiro atoms. The predicted molar refractivity (Wildman–Crippen MR) is 171 cm³/mol. The molecule has 0 aromatic heterocycles. The van der Waals surface area contributed by atoms with Crippen molar-refractivity contribution in [3.63, 3.8) is 0 Å². The van der Waals surface area contributed by atoms with Gasteiger partial charge in [-0.05, 0) is 117 Å². The minimum absolute atomic E-state index is 0.0202. The van der Waals surface area contributed by atoms with E-state index in [2.05, 4.69) is 19.6 Å². The fourth-order valence-corrected chi connectivity index (χ4v) is 8.45. The Morgan fingerprint density at radius 1 is 1.14 bits per heavy atom. The summed E-state index contributed by atoms with van der Waals surface area (Å²) in [5, 5.41) is 15.6. The normalized spacial score (nSPS) is 29.3. The van der Waals surface area contributed by atoms with Gasteiger partial charge in [-0.25, -0.2) is 13.1 Å². The van der Waals surface area contributed by atoms with Crippen LogP contribution in [0.1, 0.15) is 80.3 Å². The summed E-state index contributed by atoms with van der Waals surface area (Å²) in [5.74, 6) is -0.264. The average Bonchev–Trinajstić information content (AvgIpc) is 3.00. The molecular formula is C32H42ClN5O5S. The summed E-state index contributed by atoms with van der Waals surface area (Å²) in [6.07, 6.45) is 5.90. The van der Waals surface area contributed by atoms with Crippen LogP contribution in [0, 0.1) is 17.8 Å². The molecule has 10 nitrogen and oxygen atoms in total. The van der Waals surface area contributed by atoms with Crippen molar-refractivity contribution in [2.24, 2.45) is 22.9 Å². The largest absolute Gasteiger partial charge is 0.487 e. The summed E-state index contributed by atoms with van der Waals surface area (Å²) < 4.78 is 35.2. The van der Waals surface area contributed by atoms with Crippen molar-refractivity contribution in [1.29, 1.82) is 0 Å². The highest BCUT2D eigenvalue weighted by molar-refractivity contribution is 7.90. The van der Waals surface area contributed by atoms with Gasteiger partial charge in [0.2, 0.25) is 10.0 Å². The molecule has 2 aromatic rings. The lowest BCUT2D eigenvalue weighted by atomic mass is 9.63. The van der Waals surface area contributed by atoms with Gasteiger partial charge in [0.25, 0.3) is 5.91 Å². The highest BCUT2D eigenvalue weighted by atomic mass is 35.5. The summed E-state index contributed by atoms with van der Waals surface area (Å²) >= 11 is 6.31.